The van der Waals surface area contributed by atoms with Crippen molar-refractivity contribution in [2.75, 3.05) is 0 Å². The Morgan fingerprint density at radius 2 is 1.77 bits per heavy atom. The lowest BCUT2D eigenvalue weighted by molar-refractivity contribution is 0.491. The summed E-state index contributed by atoms with van der Waals surface area (Å²) in [7, 11) is -1.92. The minimum Gasteiger partial charge on any atom is -0.542 e. The van der Waals surface area contributed by atoms with Crippen LogP contribution in [0.4, 0.5) is 0 Å². The molecule has 0 heterocycles. The van der Waals surface area contributed by atoms with E-state index in [0.29, 0.717) is 5.02 Å². The Bertz CT molecular complexity index is 756. The molecule has 0 radical (unpaired) electrons. The average Bonchev–Trinajstić information content (AvgIpc) is 2.54. The van der Waals surface area contributed by atoms with Gasteiger partial charge in [-0.3, -0.25) is 0 Å². The average molecular weight is 410 g/mol. The summed E-state index contributed by atoms with van der Waals surface area (Å²) < 4.78 is 6.41. The van der Waals surface area contributed by atoms with E-state index >= 15 is 0 Å². The Kier molecular flexibility index (Phi) is 6.84. The molecule has 0 saturated heterocycles. The molecular weight excluding hydrogens is 381 g/mol. The molecule has 1 N–H and O–H groups in total. The Morgan fingerprint density at radius 3 is 2.38 bits per heavy atom. The van der Waals surface area contributed by atoms with Crippen LogP contribution in [0.15, 0.2) is 42.5 Å². The van der Waals surface area contributed by atoms with E-state index in [0.717, 1.165) is 22.9 Å². The summed E-state index contributed by atoms with van der Waals surface area (Å²) in [6.07, 6.45) is 0. The second-order valence-electron chi connectivity index (χ2n) is 8.28. The van der Waals surface area contributed by atoms with Crippen LogP contribution in [0.1, 0.15) is 44.9 Å². The van der Waals surface area contributed by atoms with Gasteiger partial charge in [0.15, 0.2) is 0 Å². The highest BCUT2D eigenvalue weighted by Crippen LogP contribution is 2.39. The van der Waals surface area contributed by atoms with E-state index in [1.807, 2.05) is 30.3 Å². The fraction of sp³-hybridized carbons (Fsp3) is 0.429. The molecule has 0 amide bonds. The first-order valence-corrected chi connectivity index (χ1v) is 12.6. The highest BCUT2D eigenvalue weighted by Gasteiger charge is 2.39. The minimum absolute atomic E-state index is 0.131. The molecule has 0 bridgehead atoms. The van der Waals surface area contributed by atoms with E-state index in [4.69, 9.17) is 27.6 Å². The third kappa shape index (κ3) is 5.50. The molecule has 2 nitrogen and oxygen atoms in total. The predicted molar refractivity (Wildman–Crippen MR) is 116 cm³/mol. The summed E-state index contributed by atoms with van der Waals surface area (Å²) in [5.74, 6) is 0.785. The van der Waals surface area contributed by atoms with Gasteiger partial charge >= 0.3 is 0 Å². The van der Waals surface area contributed by atoms with Crippen LogP contribution in [0.2, 0.25) is 28.2 Å². The molecule has 0 aromatic heterocycles. The molecule has 2 aromatic rings. The molecular formula is C21H29Cl2NOSi. The molecule has 0 spiro atoms. The third-order valence-corrected chi connectivity index (χ3v) is 10.0. The van der Waals surface area contributed by atoms with Gasteiger partial charge in [0.05, 0.1) is 5.02 Å². The van der Waals surface area contributed by atoms with E-state index < -0.39 is 8.32 Å². The first-order chi connectivity index (χ1) is 12.0. The predicted octanol–water partition coefficient (Wildman–Crippen LogP) is 7.23. The number of benzene rings is 2. The normalized spacial score (nSPS) is 13.5. The molecule has 0 saturated carbocycles. The quantitative estimate of drug-likeness (QED) is 0.507. The molecule has 0 aliphatic heterocycles. The van der Waals surface area contributed by atoms with E-state index in [2.05, 4.69) is 58.2 Å². The number of hydrogen-bond acceptors (Lipinski definition) is 2. The van der Waals surface area contributed by atoms with Crippen molar-refractivity contribution in [3.05, 3.63) is 63.6 Å². The zero-order valence-electron chi connectivity index (χ0n) is 16.5. The van der Waals surface area contributed by atoms with Gasteiger partial charge in [0.2, 0.25) is 0 Å². The molecule has 5 heteroatoms. The molecule has 1 unspecified atom stereocenters. The van der Waals surface area contributed by atoms with Crippen molar-refractivity contribution in [3.8, 4) is 5.75 Å². The fourth-order valence-corrected chi connectivity index (χ4v) is 3.77. The van der Waals surface area contributed by atoms with Gasteiger partial charge in [-0.1, -0.05) is 62.2 Å². The lowest BCUT2D eigenvalue weighted by Crippen LogP contribution is -2.43. The zero-order valence-corrected chi connectivity index (χ0v) is 19.0. The first kappa shape index (κ1) is 21.3. The van der Waals surface area contributed by atoms with Crippen molar-refractivity contribution < 1.29 is 4.43 Å². The summed E-state index contributed by atoms with van der Waals surface area (Å²) in [6.45, 7) is 14.0. The fourth-order valence-electron chi connectivity index (χ4n) is 2.33. The first-order valence-electron chi connectivity index (χ1n) is 8.96. The van der Waals surface area contributed by atoms with Crippen LogP contribution < -0.4 is 9.74 Å². The molecule has 142 valence electrons. The maximum atomic E-state index is 6.41. The lowest BCUT2D eigenvalue weighted by atomic mass is 10.1. The van der Waals surface area contributed by atoms with Gasteiger partial charge in [0.1, 0.15) is 5.75 Å². The van der Waals surface area contributed by atoms with Gasteiger partial charge in [-0.2, -0.15) is 0 Å². The number of halogens is 2. The minimum atomic E-state index is -1.92. The van der Waals surface area contributed by atoms with Crippen LogP contribution in [0.25, 0.3) is 0 Å². The van der Waals surface area contributed by atoms with Crippen molar-refractivity contribution in [2.45, 2.75) is 58.4 Å². The van der Waals surface area contributed by atoms with Crippen LogP contribution in [0.3, 0.4) is 0 Å². The molecule has 0 aliphatic rings. The van der Waals surface area contributed by atoms with Crippen molar-refractivity contribution >= 4 is 31.5 Å². The summed E-state index contributed by atoms with van der Waals surface area (Å²) in [4.78, 5) is 0. The third-order valence-electron chi connectivity index (χ3n) is 5.13. The van der Waals surface area contributed by atoms with Crippen LogP contribution >= 0.6 is 23.2 Å². The maximum absolute atomic E-state index is 6.41. The smallest absolute Gasteiger partial charge is 0.250 e. The Labute approximate surface area is 169 Å². The summed E-state index contributed by atoms with van der Waals surface area (Å²) in [5, 5.41) is 5.09. The van der Waals surface area contributed by atoms with Gasteiger partial charge < -0.3 is 9.74 Å². The molecule has 2 rings (SSSR count). The number of hydrogen-bond donors (Lipinski definition) is 1. The van der Waals surface area contributed by atoms with Gasteiger partial charge in [0.25, 0.3) is 8.32 Å². The Balaban J connectivity index is 2.09. The van der Waals surface area contributed by atoms with Crippen LogP contribution in [0.5, 0.6) is 5.75 Å². The largest absolute Gasteiger partial charge is 0.542 e. The monoisotopic (exact) mass is 409 g/mol. The van der Waals surface area contributed by atoms with Crippen molar-refractivity contribution in [1.82, 2.24) is 5.32 Å². The van der Waals surface area contributed by atoms with Crippen LogP contribution in [-0.4, -0.2) is 8.32 Å². The number of nitrogens with one attached hydrogen (secondary N) is 1. The SMILES string of the molecule is CC(NCc1ccc(Cl)c(O[Si](C)(C)C(C)(C)C)c1)c1cccc(Cl)c1. The van der Waals surface area contributed by atoms with E-state index in [1.54, 1.807) is 0 Å². The van der Waals surface area contributed by atoms with Crippen LogP contribution in [-0.2, 0) is 6.54 Å². The molecule has 26 heavy (non-hydrogen) atoms. The highest BCUT2D eigenvalue weighted by molar-refractivity contribution is 6.74. The van der Waals surface area contributed by atoms with E-state index in [1.165, 1.54) is 5.56 Å². The van der Waals surface area contributed by atoms with Gasteiger partial charge in [-0.05, 0) is 60.4 Å². The number of rotatable bonds is 6. The second kappa shape index (κ2) is 8.35. The maximum Gasteiger partial charge on any atom is 0.250 e. The Morgan fingerprint density at radius 1 is 1.08 bits per heavy atom. The van der Waals surface area contributed by atoms with Crippen LogP contribution in [0, 0.1) is 0 Å². The van der Waals surface area contributed by atoms with Crippen molar-refractivity contribution in [1.29, 1.82) is 0 Å². The van der Waals surface area contributed by atoms with Crippen molar-refractivity contribution in [2.24, 2.45) is 0 Å². The van der Waals surface area contributed by atoms with E-state index in [9.17, 15) is 0 Å². The summed E-state index contributed by atoms with van der Waals surface area (Å²) >= 11 is 12.5. The standard InChI is InChI=1S/C21H29Cl2NOSi/c1-15(17-8-7-9-18(22)13-17)24-14-16-10-11-19(23)20(12-16)25-26(5,6)21(2,3)4/h7-13,15,24H,14H2,1-6H3. The molecule has 0 fully saturated rings. The lowest BCUT2D eigenvalue weighted by Gasteiger charge is -2.36. The molecule has 1 atom stereocenters. The second-order valence-corrected chi connectivity index (χ2v) is 13.9. The Hall–Kier alpha value is -1.00. The van der Waals surface area contributed by atoms with Gasteiger partial charge in [-0.15, -0.1) is 0 Å². The molecule has 2 aromatic carbocycles. The molecule has 0 aliphatic carbocycles. The zero-order chi connectivity index (χ0) is 19.5. The van der Waals surface area contributed by atoms with Gasteiger partial charge in [-0.25, -0.2) is 0 Å². The van der Waals surface area contributed by atoms with E-state index in [-0.39, 0.29) is 11.1 Å². The summed E-state index contributed by atoms with van der Waals surface area (Å²) in [5.41, 5.74) is 2.32. The van der Waals surface area contributed by atoms with Crippen molar-refractivity contribution in [3.63, 3.8) is 0 Å². The summed E-state index contributed by atoms with van der Waals surface area (Å²) in [6, 6.07) is 14.2. The van der Waals surface area contributed by atoms with Gasteiger partial charge in [0, 0.05) is 17.6 Å². The highest BCUT2D eigenvalue weighted by atomic mass is 35.5. The topological polar surface area (TPSA) is 21.3 Å².